The van der Waals surface area contributed by atoms with Crippen LogP contribution in [0.3, 0.4) is 0 Å². The molecule has 16 rings (SSSR count). The Morgan fingerprint density at radius 2 is 0.685 bits per heavy atom. The van der Waals surface area contributed by atoms with E-state index in [0.29, 0.717) is 62.0 Å². The van der Waals surface area contributed by atoms with Crippen molar-refractivity contribution in [3.05, 3.63) is 290 Å². The number of anilines is 4. The molecule has 0 bridgehead atoms. The van der Waals surface area contributed by atoms with Crippen LogP contribution in [0.1, 0.15) is 196 Å². The van der Waals surface area contributed by atoms with Crippen molar-refractivity contribution < 1.29 is 134 Å². The lowest BCUT2D eigenvalue weighted by Gasteiger charge is -2.46. The van der Waals surface area contributed by atoms with E-state index in [1.54, 1.807) is 6.92 Å². The maximum atomic E-state index is 15.6. The highest BCUT2D eigenvalue weighted by molar-refractivity contribution is 7.89. The summed E-state index contributed by atoms with van der Waals surface area (Å²) in [4.78, 5) is 114. The smallest absolute Gasteiger partial charge is 0.332 e. The number of halogens is 18. The number of alkyl halides is 10. The summed E-state index contributed by atoms with van der Waals surface area (Å²) in [6, 6.07) is 20.5. The molecule has 8 aromatic carbocycles. The molecule has 47 heteroatoms. The lowest BCUT2D eigenvalue weighted by atomic mass is 9.91. The molecule has 5 aliphatic heterocycles. The van der Waals surface area contributed by atoms with Crippen LogP contribution in [0.15, 0.2) is 146 Å². The first-order valence-electron chi connectivity index (χ1n) is 47.1. The highest BCUT2D eigenvalue weighted by Gasteiger charge is 2.56. The number of amides is 8. The second-order valence-electron chi connectivity index (χ2n) is 37.4. The van der Waals surface area contributed by atoms with E-state index in [0.717, 1.165) is 148 Å². The molecule has 8 amide bonds. The van der Waals surface area contributed by atoms with Gasteiger partial charge in [0.15, 0.2) is 0 Å². The molecule has 1 saturated carbocycles. The van der Waals surface area contributed by atoms with E-state index in [2.05, 4.69) is 31.2 Å². The quantitative estimate of drug-likeness (QED) is 0.0486. The fraction of sp³-hybridized carbons (Fsp3) is 0.392. The number of rotatable bonds is 21. The number of piperazine rings is 2. The molecule has 798 valence electrons. The van der Waals surface area contributed by atoms with Gasteiger partial charge in [0.05, 0.1) is 68.2 Å². The fourth-order valence-corrected chi connectivity index (χ4v) is 24.2. The van der Waals surface area contributed by atoms with Gasteiger partial charge in [0.25, 0.3) is 57.5 Å². The third kappa shape index (κ3) is 25.6. The molecule has 10 aromatic rings. The monoisotopic (exact) mass is 2170 g/mol. The Morgan fingerprint density at radius 3 is 1.04 bits per heavy atom. The van der Waals surface area contributed by atoms with Crippen molar-refractivity contribution in [2.45, 2.75) is 194 Å². The van der Waals surface area contributed by atoms with E-state index < -0.39 is 214 Å². The molecule has 3 saturated heterocycles. The van der Waals surface area contributed by atoms with Gasteiger partial charge in [-0.2, -0.15) is 65.2 Å². The maximum Gasteiger partial charge on any atom is 0.352 e. The van der Waals surface area contributed by atoms with Crippen molar-refractivity contribution in [3.63, 3.8) is 0 Å². The van der Waals surface area contributed by atoms with E-state index in [1.165, 1.54) is 135 Å². The van der Waals surface area contributed by atoms with Gasteiger partial charge >= 0.3 is 29.6 Å². The zero-order chi connectivity index (χ0) is 109. The normalized spacial score (nSPS) is 18.1. The lowest BCUT2D eigenvalue weighted by Crippen LogP contribution is -2.63. The summed E-state index contributed by atoms with van der Waals surface area (Å²) in [6.07, 6.45) is 7.46. The summed E-state index contributed by atoms with van der Waals surface area (Å²) in [5, 5.41) is 10.8. The Morgan fingerprint density at radius 1 is 0.376 bits per heavy atom. The predicted molar refractivity (Wildman–Crippen MR) is 519 cm³/mol. The Labute approximate surface area is 854 Å². The van der Waals surface area contributed by atoms with Gasteiger partial charge in [0.1, 0.15) is 52.2 Å². The minimum Gasteiger partial charge on any atom is -0.332 e. The van der Waals surface area contributed by atoms with E-state index >= 15 is 35.1 Å². The van der Waals surface area contributed by atoms with E-state index in [9.17, 15) is 99.1 Å². The van der Waals surface area contributed by atoms with Crippen LogP contribution in [0.2, 0.25) is 0 Å². The molecule has 4 atom stereocenters. The second kappa shape index (κ2) is 45.6. The summed E-state index contributed by atoms with van der Waals surface area (Å²) in [7, 11) is -7.48. The first-order chi connectivity index (χ1) is 69.8. The topological polar surface area (TPSA) is 301 Å². The van der Waals surface area contributed by atoms with Crippen LogP contribution >= 0.6 is 22.7 Å². The number of thiazole rings is 2. The van der Waals surface area contributed by atoms with Gasteiger partial charge in [-0.25, -0.2) is 53.5 Å². The standard InChI is InChI=1S/C29H35F4N3O4S.C27H32F4N4O4S.C23H17F6N3O2S.C23H19F4N3O2S/c1-18-13-23(10-12-25(18)30)34-27(37)22-9-11-26(31)24(14-22)29(32,33)28(38)36-19(2)15-35(16-20(36)3)41(39,40)17-21-7-5-4-6-8-21;1-17-13-21(8-10-23(17)28)32-25(36)20-7-9-24(29)22(14-20)27(30,31)26(37)35-18(2)15-34(16-19(35)3)40(38,39)33-11-5-4-6-12-33;1-11-7-14(4-6-16(11)24)31-20(33)13-3-5-17(25)15(8-13)23(28,29)21(34)32-9-18-19(22(26,27)10-32)30-12(2)35-18;1-12-9-15(4-6-17(12)24)29-21(31)14-3-5-18(25)16(10-14)23(26,27)22(32)30-8-7-19-20(11-30)33-13(2)28-19/h9-14,19-21H,4-8,15-17H2,1-3H3,(H,34,37);7-10,13-14,18-19H,4-6,11-12,15-16H2,1-3H3,(H,32,36);3-8H,9-10H2,1-2H3,(H,31,33);3-6,9-10H,7-8,11H2,1-2H3,(H,29,31)/t19-,20+;18-,19+;;. The molecular weight excluding hydrogens is 2070 g/mol. The number of nitrogens with one attached hydrogen (secondary N) is 4. The predicted octanol–water partition coefficient (Wildman–Crippen LogP) is 20.2. The Hall–Kier alpha value is -12.7. The summed E-state index contributed by atoms with van der Waals surface area (Å²) < 4.78 is 320. The van der Waals surface area contributed by atoms with Crippen LogP contribution in [-0.2, 0) is 88.5 Å². The maximum absolute atomic E-state index is 15.6. The van der Waals surface area contributed by atoms with E-state index in [1.807, 2.05) is 0 Å². The van der Waals surface area contributed by atoms with Crippen molar-refractivity contribution in [1.82, 2.24) is 42.5 Å². The average Bonchev–Trinajstić information content (AvgIpc) is 1.75. The second-order valence-corrected chi connectivity index (χ2v) is 43.9. The third-order valence-corrected chi connectivity index (χ3v) is 32.0. The molecule has 4 N–H and O–H groups in total. The van der Waals surface area contributed by atoms with Crippen LogP contribution in [0, 0.1) is 94.0 Å². The number of carbonyl (C=O) groups is 8. The van der Waals surface area contributed by atoms with E-state index in [4.69, 9.17) is 0 Å². The summed E-state index contributed by atoms with van der Waals surface area (Å²) in [5.41, 5.74) is -4.43. The van der Waals surface area contributed by atoms with Crippen molar-refractivity contribution in [3.8, 4) is 0 Å². The number of aryl methyl sites for hydroxylation is 6. The zero-order valence-corrected chi connectivity index (χ0v) is 85.0. The van der Waals surface area contributed by atoms with Crippen molar-refractivity contribution >= 4 is 113 Å². The summed E-state index contributed by atoms with van der Waals surface area (Å²) in [6.45, 7) is 13.3. The van der Waals surface area contributed by atoms with Gasteiger partial charge in [0.2, 0.25) is 10.0 Å². The Kier molecular flexibility index (Phi) is 34.7. The van der Waals surface area contributed by atoms with Crippen LogP contribution < -0.4 is 21.3 Å². The number of aromatic nitrogens is 2. The summed E-state index contributed by atoms with van der Waals surface area (Å²) in [5.74, 6) is -38.8. The van der Waals surface area contributed by atoms with Crippen LogP contribution in [0.4, 0.5) is 102 Å². The number of sulfonamides is 1. The number of carbonyl (C=O) groups excluding carboxylic acids is 8. The molecular formula is C102H103F18N13O12S4. The number of benzene rings is 8. The number of piperidine rings is 1. The Balaban J connectivity index is 0.000000166. The van der Waals surface area contributed by atoms with Gasteiger partial charge in [-0.3, -0.25) is 38.4 Å². The highest BCUT2D eigenvalue weighted by Crippen LogP contribution is 2.45. The number of hydrogen-bond acceptors (Lipinski definition) is 16. The van der Waals surface area contributed by atoms with Crippen LogP contribution in [-0.4, -0.2) is 189 Å². The fourth-order valence-electron chi connectivity index (χ4n) is 18.3. The van der Waals surface area contributed by atoms with Crippen LogP contribution in [0.25, 0.3) is 0 Å². The lowest BCUT2D eigenvalue weighted by molar-refractivity contribution is -0.167. The minimum absolute atomic E-state index is 0.00585. The number of nitrogens with zero attached hydrogens (tertiary/aromatic N) is 9. The van der Waals surface area contributed by atoms with Gasteiger partial charge in [-0.1, -0.05) is 25.7 Å². The van der Waals surface area contributed by atoms with Gasteiger partial charge in [0, 0.05) is 126 Å². The molecule has 6 aliphatic rings. The molecule has 4 fully saturated rings. The SMILES string of the molecule is Cc1cc(NC(=O)c2ccc(F)c(C(F)(F)C(=O)N3[C@H](C)CN(S(=O)(=O)CC4CCCCC4)C[C@@H]3C)c2)ccc1F.Cc1cc(NC(=O)c2ccc(F)c(C(F)(F)C(=O)N3[C@H](C)CN(S(=O)(=O)N4CCCCC4)C[C@@H]3C)c2)ccc1F.Cc1nc2c(s1)CN(C(=O)C(F)(F)c1cc(C(=O)Nc3ccc(F)c(C)c3)ccc1F)CC2.Cc1nc2c(s1)CN(C(=O)C(F)(F)c1cc(C(=O)Nc3ccc(F)c(C)c3)ccc1F)CC2(F)F. The van der Waals surface area contributed by atoms with Gasteiger partial charge in [-0.05, 0) is 269 Å². The first-order valence-corrected chi connectivity index (χ1v) is 51.7. The number of hydrogen-bond donors (Lipinski definition) is 4. The molecule has 149 heavy (non-hydrogen) atoms. The molecule has 0 spiro atoms. The molecule has 7 heterocycles. The minimum atomic E-state index is -4.54. The van der Waals surface area contributed by atoms with Gasteiger partial charge < -0.3 is 40.9 Å². The summed E-state index contributed by atoms with van der Waals surface area (Å²) >= 11 is 2.18. The largest absolute Gasteiger partial charge is 0.352 e. The molecule has 0 unspecified atom stereocenters. The van der Waals surface area contributed by atoms with Crippen molar-refractivity contribution in [2.75, 3.05) is 79.4 Å². The zero-order valence-electron chi connectivity index (χ0n) is 81.7. The third-order valence-electron chi connectivity index (χ3n) is 26.1. The van der Waals surface area contributed by atoms with E-state index in [-0.39, 0.29) is 127 Å². The molecule has 1 aliphatic carbocycles. The average molecular weight is 2170 g/mol. The number of fused-ring (bicyclic) bond motifs is 2. The Bertz CT molecular complexity index is 7030. The molecule has 25 nitrogen and oxygen atoms in total. The van der Waals surface area contributed by atoms with Gasteiger partial charge in [-0.15, -0.1) is 22.7 Å². The highest BCUT2D eigenvalue weighted by atomic mass is 32.2. The van der Waals surface area contributed by atoms with Crippen molar-refractivity contribution in [1.29, 1.82) is 0 Å². The molecule has 2 aromatic heterocycles. The first kappa shape index (κ1) is 113. The van der Waals surface area contributed by atoms with Crippen LogP contribution in [0.5, 0.6) is 0 Å². The van der Waals surface area contributed by atoms with Crippen molar-refractivity contribution in [2.24, 2.45) is 5.92 Å². The molecule has 0 radical (unpaired) electrons.